The highest BCUT2D eigenvalue weighted by Crippen LogP contribution is 2.45. The van der Waals surface area contributed by atoms with Crippen LogP contribution in [0, 0.1) is 0 Å². The van der Waals surface area contributed by atoms with Gasteiger partial charge in [0.05, 0.1) is 0 Å². The van der Waals surface area contributed by atoms with Gasteiger partial charge in [-0.15, -0.1) is 0 Å². The maximum absolute atomic E-state index is 5.67. The lowest BCUT2D eigenvalue weighted by Crippen LogP contribution is -1.94. The fraction of sp³-hybridized carbons (Fsp3) is 0.333. The van der Waals surface area contributed by atoms with Crippen molar-refractivity contribution in [3.63, 3.8) is 0 Å². The van der Waals surface area contributed by atoms with Crippen molar-refractivity contribution in [1.82, 2.24) is 0 Å². The lowest BCUT2D eigenvalue weighted by atomic mass is 10.3. The van der Waals surface area contributed by atoms with Gasteiger partial charge < -0.3 is 5.73 Å². The number of benzene rings is 1. The highest BCUT2D eigenvalue weighted by atomic mass is 32.3. The van der Waals surface area contributed by atoms with Crippen molar-refractivity contribution >= 4 is 15.7 Å². The molecule has 1 rings (SSSR count). The predicted molar refractivity (Wildman–Crippen MR) is 54.5 cm³/mol. The van der Waals surface area contributed by atoms with Gasteiger partial charge in [-0.2, -0.15) is 0 Å². The summed E-state index contributed by atoms with van der Waals surface area (Å²) in [5.74, 6) is 0. The molecule has 1 aromatic carbocycles. The molecule has 0 aliphatic rings. The van der Waals surface area contributed by atoms with Gasteiger partial charge in [-0.05, 0) is 41.9 Å². The minimum Gasteiger partial charge on any atom is -0.399 e. The van der Waals surface area contributed by atoms with E-state index >= 15 is 0 Å². The van der Waals surface area contributed by atoms with Gasteiger partial charge in [0, 0.05) is 5.69 Å². The van der Waals surface area contributed by atoms with Gasteiger partial charge in [-0.1, -0.05) is 6.07 Å². The molecule has 0 aromatic heterocycles. The fourth-order valence-electron chi connectivity index (χ4n) is 0.895. The third kappa shape index (κ3) is 2.15. The predicted octanol–water partition coefficient (Wildman–Crippen LogP) is 2.32. The molecule has 0 amide bonds. The van der Waals surface area contributed by atoms with Crippen molar-refractivity contribution in [3.05, 3.63) is 24.3 Å². The van der Waals surface area contributed by atoms with Crippen molar-refractivity contribution < 1.29 is 0 Å². The molecule has 0 unspecified atom stereocenters. The van der Waals surface area contributed by atoms with Gasteiger partial charge in [-0.3, -0.25) is 0 Å². The Morgan fingerprint density at radius 1 is 1.18 bits per heavy atom. The number of anilines is 1. The highest BCUT2D eigenvalue weighted by molar-refractivity contribution is 8.32. The van der Waals surface area contributed by atoms with Crippen LogP contribution in [0.15, 0.2) is 29.2 Å². The van der Waals surface area contributed by atoms with Crippen molar-refractivity contribution in [3.8, 4) is 0 Å². The van der Waals surface area contributed by atoms with E-state index in [2.05, 4.69) is 30.9 Å². The summed E-state index contributed by atoms with van der Waals surface area (Å²) in [4.78, 5) is 1.37. The zero-order valence-electron chi connectivity index (χ0n) is 7.29. The molecule has 0 bridgehead atoms. The van der Waals surface area contributed by atoms with Gasteiger partial charge in [-0.25, -0.2) is 10.0 Å². The maximum atomic E-state index is 5.67. The molecular formula is C9H15NS. The number of hydrogen-bond donors (Lipinski definition) is 1. The molecule has 62 valence electrons. The minimum absolute atomic E-state index is 0.605. The standard InChI is InChI=1S/C9H15NS/c1-11(2,3)9-6-4-5-8(10)7-9/h4-7H,10H2,1-3H3. The molecule has 0 spiro atoms. The van der Waals surface area contributed by atoms with Crippen molar-refractivity contribution in [1.29, 1.82) is 0 Å². The van der Waals surface area contributed by atoms with Crippen LogP contribution in [-0.4, -0.2) is 18.8 Å². The van der Waals surface area contributed by atoms with Crippen LogP contribution < -0.4 is 5.73 Å². The number of hydrogen-bond acceptors (Lipinski definition) is 1. The molecule has 0 atom stereocenters. The van der Waals surface area contributed by atoms with Gasteiger partial charge in [0.15, 0.2) is 0 Å². The van der Waals surface area contributed by atoms with Crippen LogP contribution in [0.1, 0.15) is 0 Å². The zero-order chi connectivity index (χ0) is 8.48. The van der Waals surface area contributed by atoms with E-state index in [0.717, 1.165) is 5.69 Å². The highest BCUT2D eigenvalue weighted by Gasteiger charge is 2.06. The summed E-state index contributed by atoms with van der Waals surface area (Å²) in [6.07, 6.45) is 6.80. The monoisotopic (exact) mass is 169 g/mol. The Balaban J connectivity index is 3.06. The Kier molecular flexibility index (Phi) is 2.14. The Morgan fingerprint density at radius 2 is 1.82 bits per heavy atom. The number of nitrogens with two attached hydrogens (primary N) is 1. The first-order valence-corrected chi connectivity index (χ1v) is 6.40. The molecule has 2 N–H and O–H groups in total. The molecule has 0 aliphatic carbocycles. The van der Waals surface area contributed by atoms with E-state index in [1.807, 2.05) is 12.1 Å². The summed E-state index contributed by atoms with van der Waals surface area (Å²) in [7, 11) is -0.605. The Labute approximate surface area is 69.9 Å². The summed E-state index contributed by atoms with van der Waals surface area (Å²) in [6.45, 7) is 0. The Bertz CT molecular complexity index is 250. The van der Waals surface area contributed by atoms with Crippen LogP contribution in [-0.2, 0) is 0 Å². The molecule has 0 saturated carbocycles. The fourth-order valence-corrected chi connectivity index (χ4v) is 1.87. The number of rotatable bonds is 1. The largest absolute Gasteiger partial charge is 0.399 e. The van der Waals surface area contributed by atoms with E-state index in [9.17, 15) is 0 Å². The normalized spacial score (nSPS) is 13.0. The first kappa shape index (κ1) is 8.47. The second kappa shape index (κ2) is 2.78. The Morgan fingerprint density at radius 3 is 2.18 bits per heavy atom. The maximum Gasteiger partial charge on any atom is 0.0324 e. The van der Waals surface area contributed by atoms with Crippen molar-refractivity contribution in [2.75, 3.05) is 24.5 Å². The molecule has 1 nitrogen and oxygen atoms in total. The second-order valence-electron chi connectivity index (χ2n) is 3.41. The average molecular weight is 169 g/mol. The van der Waals surface area contributed by atoms with Gasteiger partial charge >= 0.3 is 0 Å². The summed E-state index contributed by atoms with van der Waals surface area (Å²) in [5.41, 5.74) is 6.53. The SMILES string of the molecule is CS(C)(C)c1cccc(N)c1. The van der Waals surface area contributed by atoms with E-state index in [1.54, 1.807) is 0 Å². The van der Waals surface area contributed by atoms with Crippen LogP contribution in [0.5, 0.6) is 0 Å². The lowest BCUT2D eigenvalue weighted by molar-refractivity contribution is 1.44. The minimum atomic E-state index is -0.605. The molecule has 0 aliphatic heterocycles. The summed E-state index contributed by atoms with van der Waals surface area (Å²) >= 11 is 0. The molecule has 2 heteroatoms. The van der Waals surface area contributed by atoms with Crippen molar-refractivity contribution in [2.24, 2.45) is 0 Å². The van der Waals surface area contributed by atoms with Crippen LogP contribution in [0.3, 0.4) is 0 Å². The molecule has 0 saturated heterocycles. The molecular weight excluding hydrogens is 154 g/mol. The summed E-state index contributed by atoms with van der Waals surface area (Å²) in [5, 5.41) is 0. The lowest BCUT2D eigenvalue weighted by Gasteiger charge is -2.25. The van der Waals surface area contributed by atoms with Crippen molar-refractivity contribution in [2.45, 2.75) is 4.90 Å². The summed E-state index contributed by atoms with van der Waals surface area (Å²) < 4.78 is 0. The molecule has 0 heterocycles. The van der Waals surface area contributed by atoms with E-state index < -0.39 is 10.0 Å². The smallest absolute Gasteiger partial charge is 0.0324 e. The van der Waals surface area contributed by atoms with E-state index in [0.29, 0.717) is 0 Å². The van der Waals surface area contributed by atoms with E-state index in [4.69, 9.17) is 5.73 Å². The van der Waals surface area contributed by atoms with Crippen LogP contribution >= 0.6 is 10.0 Å². The second-order valence-corrected chi connectivity index (χ2v) is 7.56. The van der Waals surface area contributed by atoms with E-state index in [-0.39, 0.29) is 0 Å². The first-order chi connectivity index (χ1) is 5.00. The first-order valence-electron chi connectivity index (χ1n) is 3.54. The van der Waals surface area contributed by atoms with Crippen LogP contribution in [0.25, 0.3) is 0 Å². The average Bonchev–Trinajstić information content (AvgIpc) is 1.86. The van der Waals surface area contributed by atoms with E-state index in [1.165, 1.54) is 4.90 Å². The van der Waals surface area contributed by atoms with Gasteiger partial charge in [0.25, 0.3) is 0 Å². The van der Waals surface area contributed by atoms with Crippen LogP contribution in [0.4, 0.5) is 5.69 Å². The summed E-state index contributed by atoms with van der Waals surface area (Å²) in [6, 6.07) is 8.15. The molecule has 0 radical (unpaired) electrons. The third-order valence-corrected chi connectivity index (χ3v) is 3.23. The molecule has 11 heavy (non-hydrogen) atoms. The third-order valence-electron chi connectivity index (χ3n) is 1.57. The van der Waals surface area contributed by atoms with Crippen LogP contribution in [0.2, 0.25) is 0 Å². The Hall–Kier alpha value is -0.630. The quantitative estimate of drug-likeness (QED) is 0.641. The van der Waals surface area contributed by atoms with Gasteiger partial charge in [0.2, 0.25) is 0 Å². The molecule has 0 fully saturated rings. The molecule has 1 aromatic rings. The van der Waals surface area contributed by atoms with Gasteiger partial charge in [0.1, 0.15) is 0 Å². The zero-order valence-corrected chi connectivity index (χ0v) is 8.11. The topological polar surface area (TPSA) is 26.0 Å². The number of nitrogen functional groups attached to an aromatic ring is 1.